The SMILES string of the molecule is COCCN1CCN(C(=O)Nc2ccccc2N2CCOCC2)CC1. The Labute approximate surface area is 149 Å². The summed E-state index contributed by atoms with van der Waals surface area (Å²) < 4.78 is 10.5. The molecular formula is C18H28N4O3. The van der Waals surface area contributed by atoms with Gasteiger partial charge in [-0.05, 0) is 12.1 Å². The number of ether oxygens (including phenoxy) is 2. The Balaban J connectivity index is 1.56. The van der Waals surface area contributed by atoms with Gasteiger partial charge >= 0.3 is 6.03 Å². The van der Waals surface area contributed by atoms with Gasteiger partial charge in [-0.2, -0.15) is 0 Å². The molecule has 1 aromatic rings. The van der Waals surface area contributed by atoms with E-state index in [1.807, 2.05) is 23.1 Å². The molecule has 1 N–H and O–H groups in total. The summed E-state index contributed by atoms with van der Waals surface area (Å²) in [6.45, 7) is 8.09. The number of urea groups is 1. The van der Waals surface area contributed by atoms with E-state index in [9.17, 15) is 4.79 Å². The molecule has 7 nitrogen and oxygen atoms in total. The lowest BCUT2D eigenvalue weighted by Crippen LogP contribution is -2.50. The van der Waals surface area contributed by atoms with Gasteiger partial charge in [-0.15, -0.1) is 0 Å². The van der Waals surface area contributed by atoms with E-state index in [0.29, 0.717) is 0 Å². The van der Waals surface area contributed by atoms with Gasteiger partial charge < -0.3 is 24.6 Å². The first kappa shape index (κ1) is 18.0. The van der Waals surface area contributed by atoms with Crippen molar-refractivity contribution in [3.63, 3.8) is 0 Å². The fraction of sp³-hybridized carbons (Fsp3) is 0.611. The molecule has 1 aromatic carbocycles. The number of anilines is 2. The maximum absolute atomic E-state index is 12.7. The van der Waals surface area contributed by atoms with Crippen LogP contribution in [0.4, 0.5) is 16.2 Å². The standard InChI is InChI=1S/C18H28N4O3/c1-24-13-10-20-6-8-22(9-7-20)18(23)19-16-4-2-3-5-17(16)21-11-14-25-15-12-21/h2-5H,6-15H2,1H3,(H,19,23). The van der Waals surface area contributed by atoms with Gasteiger partial charge in [0.15, 0.2) is 0 Å². The predicted octanol–water partition coefficient (Wildman–Crippen LogP) is 1.32. The van der Waals surface area contributed by atoms with E-state index < -0.39 is 0 Å². The highest BCUT2D eigenvalue weighted by Crippen LogP contribution is 2.26. The van der Waals surface area contributed by atoms with E-state index in [-0.39, 0.29) is 6.03 Å². The molecule has 0 radical (unpaired) electrons. The number of rotatable bonds is 5. The second-order valence-corrected chi connectivity index (χ2v) is 6.37. The molecule has 2 saturated heterocycles. The van der Waals surface area contributed by atoms with Gasteiger partial charge in [0.1, 0.15) is 0 Å². The van der Waals surface area contributed by atoms with Crippen LogP contribution < -0.4 is 10.2 Å². The lowest BCUT2D eigenvalue weighted by Gasteiger charge is -2.35. The van der Waals surface area contributed by atoms with E-state index in [4.69, 9.17) is 9.47 Å². The number of benzene rings is 1. The normalized spacial score (nSPS) is 19.1. The molecule has 25 heavy (non-hydrogen) atoms. The van der Waals surface area contributed by atoms with Gasteiger partial charge in [0, 0.05) is 52.9 Å². The molecule has 2 aliphatic heterocycles. The summed E-state index contributed by atoms with van der Waals surface area (Å²) in [5.74, 6) is 0. The number of amides is 2. The minimum atomic E-state index is -0.0212. The minimum Gasteiger partial charge on any atom is -0.383 e. The molecule has 0 saturated carbocycles. The Morgan fingerprint density at radius 3 is 2.56 bits per heavy atom. The molecule has 138 valence electrons. The molecule has 0 aliphatic carbocycles. The first-order valence-electron chi connectivity index (χ1n) is 8.97. The first-order valence-corrected chi connectivity index (χ1v) is 8.97. The van der Waals surface area contributed by atoms with E-state index >= 15 is 0 Å². The summed E-state index contributed by atoms with van der Waals surface area (Å²) in [4.78, 5) is 19.1. The molecule has 3 rings (SSSR count). The van der Waals surface area contributed by atoms with Crippen molar-refractivity contribution in [1.29, 1.82) is 0 Å². The summed E-state index contributed by atoms with van der Waals surface area (Å²) in [6, 6.07) is 7.98. The van der Waals surface area contributed by atoms with Crippen molar-refractivity contribution < 1.29 is 14.3 Å². The second-order valence-electron chi connectivity index (χ2n) is 6.37. The third-order valence-corrected chi connectivity index (χ3v) is 4.77. The molecule has 7 heteroatoms. The van der Waals surface area contributed by atoms with Crippen molar-refractivity contribution in [3.8, 4) is 0 Å². The molecule has 2 aliphatic rings. The van der Waals surface area contributed by atoms with E-state index in [2.05, 4.69) is 21.2 Å². The van der Waals surface area contributed by atoms with E-state index in [1.165, 1.54) is 0 Å². The topological polar surface area (TPSA) is 57.3 Å². The van der Waals surface area contributed by atoms with Crippen LogP contribution in [0.1, 0.15) is 0 Å². The molecule has 0 aromatic heterocycles. The van der Waals surface area contributed by atoms with Crippen molar-refractivity contribution >= 4 is 17.4 Å². The molecule has 2 heterocycles. The molecule has 0 bridgehead atoms. The van der Waals surface area contributed by atoms with Crippen LogP contribution in [0, 0.1) is 0 Å². The summed E-state index contributed by atoms with van der Waals surface area (Å²) in [5, 5.41) is 3.10. The van der Waals surface area contributed by atoms with E-state index in [1.54, 1.807) is 7.11 Å². The lowest BCUT2D eigenvalue weighted by molar-refractivity contribution is 0.109. The Morgan fingerprint density at radius 1 is 1.12 bits per heavy atom. The first-order chi connectivity index (χ1) is 12.3. The van der Waals surface area contributed by atoms with Gasteiger partial charge in [-0.1, -0.05) is 12.1 Å². The summed E-state index contributed by atoms with van der Waals surface area (Å²) in [6.07, 6.45) is 0. The molecule has 2 amide bonds. The van der Waals surface area contributed by atoms with Crippen LogP contribution in [0.15, 0.2) is 24.3 Å². The number of para-hydroxylation sites is 2. The summed E-state index contributed by atoms with van der Waals surface area (Å²) >= 11 is 0. The maximum atomic E-state index is 12.7. The smallest absolute Gasteiger partial charge is 0.321 e. The third kappa shape index (κ3) is 4.84. The maximum Gasteiger partial charge on any atom is 0.321 e. The van der Waals surface area contributed by atoms with Crippen molar-refractivity contribution in [1.82, 2.24) is 9.80 Å². The zero-order chi connectivity index (χ0) is 17.5. The third-order valence-electron chi connectivity index (χ3n) is 4.77. The highest BCUT2D eigenvalue weighted by atomic mass is 16.5. The lowest BCUT2D eigenvalue weighted by atomic mass is 10.2. The number of morpholine rings is 1. The summed E-state index contributed by atoms with van der Waals surface area (Å²) in [5.41, 5.74) is 1.94. The van der Waals surface area contributed by atoms with Gasteiger partial charge in [-0.3, -0.25) is 4.90 Å². The summed E-state index contributed by atoms with van der Waals surface area (Å²) in [7, 11) is 1.72. The van der Waals surface area contributed by atoms with Crippen LogP contribution in [0.2, 0.25) is 0 Å². The fourth-order valence-electron chi connectivity index (χ4n) is 3.25. The van der Waals surface area contributed by atoms with Gasteiger partial charge in [-0.25, -0.2) is 4.79 Å². The number of hydrogen-bond donors (Lipinski definition) is 1. The van der Waals surface area contributed by atoms with Gasteiger partial charge in [0.05, 0.1) is 31.2 Å². The average molecular weight is 348 g/mol. The average Bonchev–Trinajstić information content (AvgIpc) is 2.68. The number of carbonyl (C=O) groups is 1. The van der Waals surface area contributed by atoms with Crippen LogP contribution in [-0.4, -0.2) is 88.6 Å². The van der Waals surface area contributed by atoms with Crippen molar-refractivity contribution in [2.75, 3.05) is 83.0 Å². The van der Waals surface area contributed by atoms with Crippen LogP contribution in [0.25, 0.3) is 0 Å². The fourth-order valence-corrected chi connectivity index (χ4v) is 3.25. The Kier molecular flexibility index (Phi) is 6.49. The molecule has 0 unspecified atom stereocenters. The molecule has 0 atom stereocenters. The zero-order valence-corrected chi connectivity index (χ0v) is 14.9. The Morgan fingerprint density at radius 2 is 1.84 bits per heavy atom. The Hall–Kier alpha value is -1.83. The molecular weight excluding hydrogens is 320 g/mol. The highest BCUT2D eigenvalue weighted by Gasteiger charge is 2.22. The van der Waals surface area contributed by atoms with E-state index in [0.717, 1.165) is 77.0 Å². The zero-order valence-electron chi connectivity index (χ0n) is 14.9. The highest BCUT2D eigenvalue weighted by molar-refractivity contribution is 5.93. The van der Waals surface area contributed by atoms with Crippen molar-refractivity contribution in [2.45, 2.75) is 0 Å². The predicted molar refractivity (Wildman–Crippen MR) is 98.4 cm³/mol. The number of nitrogens with zero attached hydrogens (tertiary/aromatic N) is 3. The largest absolute Gasteiger partial charge is 0.383 e. The Bertz CT molecular complexity index is 555. The van der Waals surface area contributed by atoms with Gasteiger partial charge in [0.2, 0.25) is 0 Å². The number of hydrogen-bond acceptors (Lipinski definition) is 5. The number of carbonyl (C=O) groups excluding carboxylic acids is 1. The van der Waals surface area contributed by atoms with Crippen LogP contribution >= 0.6 is 0 Å². The van der Waals surface area contributed by atoms with Crippen molar-refractivity contribution in [3.05, 3.63) is 24.3 Å². The quantitative estimate of drug-likeness (QED) is 0.870. The number of piperazine rings is 1. The van der Waals surface area contributed by atoms with Gasteiger partial charge in [0.25, 0.3) is 0 Å². The van der Waals surface area contributed by atoms with Crippen LogP contribution in [0.3, 0.4) is 0 Å². The number of nitrogens with one attached hydrogen (secondary N) is 1. The second kappa shape index (κ2) is 9.03. The minimum absolute atomic E-state index is 0.0212. The van der Waals surface area contributed by atoms with Crippen LogP contribution in [0.5, 0.6) is 0 Å². The monoisotopic (exact) mass is 348 g/mol. The van der Waals surface area contributed by atoms with Crippen molar-refractivity contribution in [2.24, 2.45) is 0 Å². The molecule has 2 fully saturated rings. The number of methoxy groups -OCH3 is 1. The molecule has 0 spiro atoms. The van der Waals surface area contributed by atoms with Crippen LogP contribution in [-0.2, 0) is 9.47 Å².